The number of H-pyrrole nitrogens is 1. The van der Waals surface area contributed by atoms with Gasteiger partial charge in [0.1, 0.15) is 5.82 Å². The molecule has 0 bridgehead atoms. The molecular formula is C15H22N4. The van der Waals surface area contributed by atoms with E-state index in [1.165, 1.54) is 19.3 Å². The summed E-state index contributed by atoms with van der Waals surface area (Å²) < 4.78 is 0. The minimum atomic E-state index is 0.670. The van der Waals surface area contributed by atoms with Gasteiger partial charge in [-0.25, -0.2) is 4.98 Å². The van der Waals surface area contributed by atoms with E-state index in [0.717, 1.165) is 36.5 Å². The lowest BCUT2D eigenvalue weighted by Crippen LogP contribution is -2.32. The molecule has 1 aliphatic rings. The molecule has 0 radical (unpaired) electrons. The number of benzene rings is 1. The average Bonchev–Trinajstić information content (AvgIpc) is 2.63. The van der Waals surface area contributed by atoms with E-state index in [4.69, 9.17) is 0 Å². The topological polar surface area (TPSA) is 44.0 Å². The molecular weight excluding hydrogens is 236 g/mol. The summed E-state index contributed by atoms with van der Waals surface area (Å²) in [5.41, 5.74) is 2.20. The number of hydrogen-bond donors (Lipinski definition) is 2. The Bertz CT molecular complexity index is 493. The first kappa shape index (κ1) is 12.6. The predicted molar refractivity (Wildman–Crippen MR) is 78.1 cm³/mol. The molecule has 1 saturated heterocycles. The molecule has 1 aromatic carbocycles. The molecule has 1 fully saturated rings. The van der Waals surface area contributed by atoms with Gasteiger partial charge in [-0.1, -0.05) is 12.1 Å². The first-order chi connectivity index (χ1) is 9.33. The Balaban J connectivity index is 1.69. The van der Waals surface area contributed by atoms with Crippen LogP contribution >= 0.6 is 0 Å². The van der Waals surface area contributed by atoms with Crippen LogP contribution in [0.15, 0.2) is 24.3 Å². The first-order valence-electron chi connectivity index (χ1n) is 7.17. The zero-order chi connectivity index (χ0) is 13.1. The summed E-state index contributed by atoms with van der Waals surface area (Å²) >= 11 is 0. The number of nitrogens with zero attached hydrogens (tertiary/aromatic N) is 2. The molecule has 0 saturated carbocycles. The van der Waals surface area contributed by atoms with Crippen molar-refractivity contribution in [3.05, 3.63) is 30.1 Å². The fourth-order valence-corrected chi connectivity index (χ4v) is 2.89. The standard InChI is InChI=1S/C15H22N4/c1-19(12-5-4-9-16-10-8-12)11-15-17-13-6-2-3-7-14(13)18-15/h2-3,6-7,12,16H,4-5,8-11H2,1H3,(H,17,18). The van der Waals surface area contributed by atoms with Crippen LogP contribution < -0.4 is 5.32 Å². The van der Waals surface area contributed by atoms with E-state index in [1.807, 2.05) is 12.1 Å². The minimum absolute atomic E-state index is 0.670. The van der Waals surface area contributed by atoms with Gasteiger partial charge in [0.05, 0.1) is 17.6 Å². The quantitative estimate of drug-likeness (QED) is 0.886. The van der Waals surface area contributed by atoms with Crippen LogP contribution in [0.1, 0.15) is 25.1 Å². The van der Waals surface area contributed by atoms with Crippen LogP contribution in [0.2, 0.25) is 0 Å². The second-order valence-corrected chi connectivity index (χ2v) is 5.45. The normalized spacial score (nSPS) is 20.8. The van der Waals surface area contributed by atoms with E-state index in [9.17, 15) is 0 Å². The van der Waals surface area contributed by atoms with Gasteiger partial charge in [0, 0.05) is 6.04 Å². The number of aromatic amines is 1. The van der Waals surface area contributed by atoms with Gasteiger partial charge in [-0.2, -0.15) is 0 Å². The number of fused-ring (bicyclic) bond motifs is 1. The highest BCUT2D eigenvalue weighted by molar-refractivity contribution is 5.74. The molecule has 2 aromatic rings. The van der Waals surface area contributed by atoms with E-state index >= 15 is 0 Å². The molecule has 0 aliphatic carbocycles. The Hall–Kier alpha value is -1.39. The first-order valence-corrected chi connectivity index (χ1v) is 7.17. The summed E-state index contributed by atoms with van der Waals surface area (Å²) in [4.78, 5) is 10.5. The fraction of sp³-hybridized carbons (Fsp3) is 0.533. The van der Waals surface area contributed by atoms with Gasteiger partial charge >= 0.3 is 0 Å². The smallest absolute Gasteiger partial charge is 0.121 e. The maximum Gasteiger partial charge on any atom is 0.121 e. The van der Waals surface area contributed by atoms with Crippen molar-refractivity contribution in [1.29, 1.82) is 0 Å². The van der Waals surface area contributed by atoms with Gasteiger partial charge < -0.3 is 10.3 Å². The lowest BCUT2D eigenvalue weighted by atomic mass is 10.1. The second kappa shape index (κ2) is 5.72. The highest BCUT2D eigenvalue weighted by Crippen LogP contribution is 2.16. The van der Waals surface area contributed by atoms with Crippen LogP contribution in [0.4, 0.5) is 0 Å². The third kappa shape index (κ3) is 2.96. The minimum Gasteiger partial charge on any atom is -0.341 e. The number of nitrogens with one attached hydrogen (secondary N) is 2. The summed E-state index contributed by atoms with van der Waals surface area (Å²) in [5, 5.41) is 3.47. The lowest BCUT2D eigenvalue weighted by Gasteiger charge is -2.25. The van der Waals surface area contributed by atoms with Gasteiger partial charge in [0.25, 0.3) is 0 Å². The molecule has 2 heterocycles. The van der Waals surface area contributed by atoms with Gasteiger partial charge in [-0.05, 0) is 51.5 Å². The molecule has 1 atom stereocenters. The predicted octanol–water partition coefficient (Wildman–Crippen LogP) is 2.14. The Kier molecular flexibility index (Phi) is 3.80. The van der Waals surface area contributed by atoms with Crippen LogP contribution in [0.5, 0.6) is 0 Å². The van der Waals surface area contributed by atoms with Crippen molar-refractivity contribution in [2.75, 3.05) is 20.1 Å². The number of hydrogen-bond acceptors (Lipinski definition) is 3. The van der Waals surface area contributed by atoms with Crippen molar-refractivity contribution in [2.24, 2.45) is 0 Å². The van der Waals surface area contributed by atoms with Gasteiger partial charge in [-0.15, -0.1) is 0 Å². The van der Waals surface area contributed by atoms with Gasteiger partial charge in [-0.3, -0.25) is 4.90 Å². The fourth-order valence-electron chi connectivity index (χ4n) is 2.89. The number of para-hydroxylation sites is 2. The lowest BCUT2D eigenvalue weighted by molar-refractivity contribution is 0.212. The number of rotatable bonds is 3. The molecule has 4 heteroatoms. The molecule has 1 aromatic heterocycles. The summed E-state index contributed by atoms with van der Waals surface area (Å²) in [6, 6.07) is 8.90. The highest BCUT2D eigenvalue weighted by atomic mass is 15.2. The van der Waals surface area contributed by atoms with Crippen LogP contribution in [0.25, 0.3) is 11.0 Å². The second-order valence-electron chi connectivity index (χ2n) is 5.45. The van der Waals surface area contributed by atoms with Gasteiger partial charge in [0.2, 0.25) is 0 Å². The SMILES string of the molecule is CN(Cc1nc2ccccc2[nH]1)C1CCCNCC1. The van der Waals surface area contributed by atoms with Crippen LogP contribution in [0, 0.1) is 0 Å². The highest BCUT2D eigenvalue weighted by Gasteiger charge is 2.17. The monoisotopic (exact) mass is 258 g/mol. The summed E-state index contributed by atoms with van der Waals surface area (Å²) in [5.74, 6) is 1.07. The molecule has 102 valence electrons. The summed E-state index contributed by atoms with van der Waals surface area (Å²) in [6.45, 7) is 3.20. The van der Waals surface area contributed by atoms with Crippen molar-refractivity contribution in [3.8, 4) is 0 Å². The van der Waals surface area contributed by atoms with Crippen LogP contribution in [0.3, 0.4) is 0 Å². The van der Waals surface area contributed by atoms with Crippen molar-refractivity contribution < 1.29 is 0 Å². The largest absolute Gasteiger partial charge is 0.341 e. The maximum atomic E-state index is 4.66. The number of aromatic nitrogens is 2. The van der Waals surface area contributed by atoms with Crippen molar-refractivity contribution in [3.63, 3.8) is 0 Å². The van der Waals surface area contributed by atoms with Crippen molar-refractivity contribution >= 4 is 11.0 Å². The van der Waals surface area contributed by atoms with E-state index in [2.05, 4.69) is 39.4 Å². The molecule has 3 rings (SSSR count). The molecule has 4 nitrogen and oxygen atoms in total. The van der Waals surface area contributed by atoms with Gasteiger partial charge in [0.15, 0.2) is 0 Å². The third-order valence-corrected chi connectivity index (χ3v) is 4.01. The third-order valence-electron chi connectivity index (χ3n) is 4.01. The zero-order valence-corrected chi connectivity index (χ0v) is 11.5. The van der Waals surface area contributed by atoms with E-state index in [1.54, 1.807) is 0 Å². The average molecular weight is 258 g/mol. The molecule has 0 spiro atoms. The maximum absolute atomic E-state index is 4.66. The number of imidazole rings is 1. The molecule has 1 unspecified atom stereocenters. The molecule has 2 N–H and O–H groups in total. The molecule has 0 amide bonds. The van der Waals surface area contributed by atoms with Crippen LogP contribution in [-0.2, 0) is 6.54 Å². The zero-order valence-electron chi connectivity index (χ0n) is 11.5. The molecule has 19 heavy (non-hydrogen) atoms. The summed E-state index contributed by atoms with van der Waals surface area (Å²) in [7, 11) is 2.21. The van der Waals surface area contributed by atoms with E-state index < -0.39 is 0 Å². The van der Waals surface area contributed by atoms with Crippen LogP contribution in [-0.4, -0.2) is 41.0 Å². The Morgan fingerprint density at radius 2 is 2.16 bits per heavy atom. The van der Waals surface area contributed by atoms with Crippen molar-refractivity contribution in [1.82, 2.24) is 20.2 Å². The van der Waals surface area contributed by atoms with E-state index in [0.29, 0.717) is 6.04 Å². The Labute approximate surface area is 114 Å². The van der Waals surface area contributed by atoms with Crippen molar-refractivity contribution in [2.45, 2.75) is 31.8 Å². The van der Waals surface area contributed by atoms with E-state index in [-0.39, 0.29) is 0 Å². The molecule has 1 aliphatic heterocycles. The Morgan fingerprint density at radius 3 is 3.05 bits per heavy atom. The Morgan fingerprint density at radius 1 is 1.26 bits per heavy atom. The summed E-state index contributed by atoms with van der Waals surface area (Å²) in [6.07, 6.45) is 3.79.